The van der Waals surface area contributed by atoms with E-state index in [2.05, 4.69) is 15.3 Å². The van der Waals surface area contributed by atoms with Crippen LogP contribution in [0.4, 0.5) is 0 Å². The van der Waals surface area contributed by atoms with Crippen molar-refractivity contribution in [2.75, 3.05) is 6.54 Å². The third kappa shape index (κ3) is 1.73. The Hall–Kier alpha value is -1.89. The molecule has 7 nitrogen and oxygen atoms in total. The normalized spacial score (nSPS) is 19.4. The van der Waals surface area contributed by atoms with Crippen LogP contribution < -0.4 is 16.6 Å². The van der Waals surface area contributed by atoms with Gasteiger partial charge in [0.05, 0.1) is 6.04 Å². The number of nitrogens with zero attached hydrogens (tertiary/aromatic N) is 3. The molecular formula is C12H17N5O2. The first-order valence-electron chi connectivity index (χ1n) is 6.56. The van der Waals surface area contributed by atoms with Crippen molar-refractivity contribution in [3.05, 3.63) is 26.7 Å². The van der Waals surface area contributed by atoms with Gasteiger partial charge in [-0.15, -0.1) is 0 Å². The summed E-state index contributed by atoms with van der Waals surface area (Å²) in [5.74, 6) is 0.744. The molecule has 1 aliphatic rings. The highest BCUT2D eigenvalue weighted by Crippen LogP contribution is 2.21. The van der Waals surface area contributed by atoms with Gasteiger partial charge >= 0.3 is 5.69 Å². The van der Waals surface area contributed by atoms with Gasteiger partial charge in [0.25, 0.3) is 5.56 Å². The molecule has 1 fully saturated rings. The van der Waals surface area contributed by atoms with E-state index in [0.29, 0.717) is 17.7 Å². The molecule has 2 N–H and O–H groups in total. The van der Waals surface area contributed by atoms with E-state index in [9.17, 15) is 9.59 Å². The van der Waals surface area contributed by atoms with E-state index < -0.39 is 0 Å². The van der Waals surface area contributed by atoms with Crippen molar-refractivity contribution in [1.82, 2.24) is 24.4 Å². The molecule has 0 aromatic carbocycles. The molecule has 2 aromatic heterocycles. The van der Waals surface area contributed by atoms with Crippen molar-refractivity contribution in [3.63, 3.8) is 0 Å². The Morgan fingerprint density at radius 2 is 2.21 bits per heavy atom. The number of rotatable bonds is 2. The quantitative estimate of drug-likeness (QED) is 0.790. The fourth-order valence-electron chi connectivity index (χ4n) is 2.63. The number of imidazole rings is 1. The minimum absolute atomic E-state index is 0.150. The van der Waals surface area contributed by atoms with Gasteiger partial charge in [-0.05, 0) is 26.3 Å². The molecule has 3 rings (SSSR count). The first-order valence-corrected chi connectivity index (χ1v) is 6.56. The van der Waals surface area contributed by atoms with Gasteiger partial charge < -0.3 is 10.3 Å². The Labute approximate surface area is 109 Å². The van der Waals surface area contributed by atoms with E-state index in [1.807, 2.05) is 0 Å². The molecule has 19 heavy (non-hydrogen) atoms. The number of nitrogens with one attached hydrogen (secondary N) is 2. The summed E-state index contributed by atoms with van der Waals surface area (Å²) in [5.41, 5.74) is 0.228. The Morgan fingerprint density at radius 3 is 2.84 bits per heavy atom. The lowest BCUT2D eigenvalue weighted by Gasteiger charge is -2.04. The largest absolute Gasteiger partial charge is 0.335 e. The lowest BCUT2D eigenvalue weighted by atomic mass is 10.2. The van der Waals surface area contributed by atoms with Crippen LogP contribution in [0.15, 0.2) is 9.59 Å². The monoisotopic (exact) mass is 263 g/mol. The van der Waals surface area contributed by atoms with Crippen LogP contribution in [-0.2, 0) is 13.6 Å². The number of hydrogen-bond acceptors (Lipinski definition) is 4. The SMILES string of the molecule is CCn1c(=O)c2[nH]c(C3CCCN3)nc2n(C)c1=O. The van der Waals surface area contributed by atoms with E-state index >= 15 is 0 Å². The van der Waals surface area contributed by atoms with E-state index in [1.165, 1.54) is 9.13 Å². The van der Waals surface area contributed by atoms with Crippen molar-refractivity contribution < 1.29 is 0 Å². The summed E-state index contributed by atoms with van der Waals surface area (Å²) in [6.07, 6.45) is 2.09. The van der Waals surface area contributed by atoms with Gasteiger partial charge in [0.2, 0.25) is 0 Å². The summed E-state index contributed by atoms with van der Waals surface area (Å²) in [6.45, 7) is 3.10. The molecule has 0 spiro atoms. The summed E-state index contributed by atoms with van der Waals surface area (Å²) in [6, 6.07) is 0.150. The lowest BCUT2D eigenvalue weighted by Crippen LogP contribution is -2.38. The second-order valence-corrected chi connectivity index (χ2v) is 4.86. The highest BCUT2D eigenvalue weighted by atomic mass is 16.2. The molecule has 1 atom stereocenters. The highest BCUT2D eigenvalue weighted by Gasteiger charge is 2.22. The lowest BCUT2D eigenvalue weighted by molar-refractivity contribution is 0.613. The minimum Gasteiger partial charge on any atom is -0.335 e. The zero-order valence-corrected chi connectivity index (χ0v) is 11.1. The van der Waals surface area contributed by atoms with Crippen LogP contribution in [0.3, 0.4) is 0 Å². The number of fused-ring (bicyclic) bond motifs is 1. The maximum atomic E-state index is 12.2. The fourth-order valence-corrected chi connectivity index (χ4v) is 2.63. The molecule has 1 unspecified atom stereocenters. The molecule has 0 saturated carbocycles. The third-order valence-corrected chi connectivity index (χ3v) is 3.70. The average Bonchev–Trinajstić information content (AvgIpc) is 3.05. The van der Waals surface area contributed by atoms with Crippen LogP contribution in [0.2, 0.25) is 0 Å². The van der Waals surface area contributed by atoms with Gasteiger partial charge in [-0.25, -0.2) is 9.78 Å². The van der Waals surface area contributed by atoms with Gasteiger partial charge in [-0.3, -0.25) is 13.9 Å². The number of H-pyrrole nitrogens is 1. The standard InChI is InChI=1S/C12H17N5O2/c1-3-17-11(18)8-10(16(2)12(17)19)15-9(14-8)7-5-4-6-13-7/h7,13H,3-6H2,1-2H3,(H,14,15). The van der Waals surface area contributed by atoms with E-state index in [-0.39, 0.29) is 17.3 Å². The minimum atomic E-state index is -0.322. The topological polar surface area (TPSA) is 84.7 Å². The smallest absolute Gasteiger partial charge is 0.332 e. The summed E-state index contributed by atoms with van der Waals surface area (Å²) in [5, 5.41) is 3.33. The van der Waals surface area contributed by atoms with E-state index in [4.69, 9.17) is 0 Å². The molecule has 1 saturated heterocycles. The van der Waals surface area contributed by atoms with Crippen molar-refractivity contribution in [1.29, 1.82) is 0 Å². The van der Waals surface area contributed by atoms with Crippen LogP contribution in [0.25, 0.3) is 11.2 Å². The Kier molecular flexibility index (Phi) is 2.78. The fraction of sp³-hybridized carbons (Fsp3) is 0.583. The number of aromatic amines is 1. The van der Waals surface area contributed by atoms with Gasteiger partial charge in [0.1, 0.15) is 11.3 Å². The molecule has 0 radical (unpaired) electrons. The van der Waals surface area contributed by atoms with Crippen LogP contribution in [0.1, 0.15) is 31.6 Å². The van der Waals surface area contributed by atoms with Crippen molar-refractivity contribution in [2.24, 2.45) is 7.05 Å². The van der Waals surface area contributed by atoms with Crippen LogP contribution in [-0.4, -0.2) is 25.6 Å². The Morgan fingerprint density at radius 1 is 1.42 bits per heavy atom. The summed E-state index contributed by atoms with van der Waals surface area (Å²) in [7, 11) is 1.64. The molecule has 0 amide bonds. The van der Waals surface area contributed by atoms with Crippen LogP contribution >= 0.6 is 0 Å². The number of aromatic nitrogens is 4. The van der Waals surface area contributed by atoms with Crippen LogP contribution in [0.5, 0.6) is 0 Å². The van der Waals surface area contributed by atoms with Crippen molar-refractivity contribution in [3.8, 4) is 0 Å². The average molecular weight is 263 g/mol. The highest BCUT2D eigenvalue weighted by molar-refractivity contribution is 5.69. The summed E-state index contributed by atoms with van der Waals surface area (Å²) in [4.78, 5) is 31.7. The first-order chi connectivity index (χ1) is 9.13. The number of hydrogen-bond donors (Lipinski definition) is 2. The van der Waals surface area contributed by atoms with Crippen molar-refractivity contribution >= 4 is 11.2 Å². The molecule has 7 heteroatoms. The van der Waals surface area contributed by atoms with Gasteiger partial charge in [0, 0.05) is 13.6 Å². The molecule has 2 aromatic rings. The summed E-state index contributed by atoms with van der Waals surface area (Å²) < 4.78 is 2.64. The van der Waals surface area contributed by atoms with Gasteiger partial charge in [0.15, 0.2) is 5.65 Å². The van der Waals surface area contributed by atoms with Gasteiger partial charge in [-0.1, -0.05) is 0 Å². The predicted molar refractivity (Wildman–Crippen MR) is 71.2 cm³/mol. The maximum absolute atomic E-state index is 12.2. The second kappa shape index (κ2) is 4.34. The zero-order chi connectivity index (χ0) is 13.6. The Bertz CT molecular complexity index is 733. The summed E-state index contributed by atoms with van der Waals surface area (Å²) >= 11 is 0. The van der Waals surface area contributed by atoms with E-state index in [0.717, 1.165) is 25.2 Å². The van der Waals surface area contributed by atoms with Crippen LogP contribution in [0, 0.1) is 0 Å². The Balaban J connectivity index is 2.28. The number of aryl methyl sites for hydroxylation is 1. The molecule has 102 valence electrons. The second-order valence-electron chi connectivity index (χ2n) is 4.86. The predicted octanol–water partition coefficient (Wildman–Crippen LogP) is -0.132. The third-order valence-electron chi connectivity index (χ3n) is 3.70. The van der Waals surface area contributed by atoms with Gasteiger partial charge in [-0.2, -0.15) is 0 Å². The molecule has 1 aliphatic heterocycles. The molecule has 3 heterocycles. The maximum Gasteiger partial charge on any atom is 0.332 e. The molecule has 0 bridgehead atoms. The first kappa shape index (κ1) is 12.2. The van der Waals surface area contributed by atoms with Crippen molar-refractivity contribution in [2.45, 2.75) is 32.4 Å². The zero-order valence-electron chi connectivity index (χ0n) is 11.1. The molecule has 0 aliphatic carbocycles. The molecular weight excluding hydrogens is 246 g/mol. The van der Waals surface area contributed by atoms with E-state index in [1.54, 1.807) is 14.0 Å².